The summed E-state index contributed by atoms with van der Waals surface area (Å²) >= 11 is 0. The Kier molecular flexibility index (Phi) is 6.31. The summed E-state index contributed by atoms with van der Waals surface area (Å²) < 4.78 is 16.5. The summed E-state index contributed by atoms with van der Waals surface area (Å²) in [6, 6.07) is 4.00. The molecule has 6 heteroatoms. The van der Waals surface area contributed by atoms with Crippen LogP contribution in [0.2, 0.25) is 0 Å². The molecule has 0 unspecified atom stereocenters. The number of aromatic nitrogens is 1. The molecule has 0 fully saturated rings. The van der Waals surface area contributed by atoms with E-state index >= 15 is 0 Å². The first-order chi connectivity index (χ1) is 11.9. The molecule has 6 nitrogen and oxygen atoms in total. The fraction of sp³-hybridized carbons (Fsp3) is 0.526. The van der Waals surface area contributed by atoms with Crippen LogP contribution in [0.1, 0.15) is 19.4 Å². The van der Waals surface area contributed by atoms with Crippen molar-refractivity contribution < 1.29 is 14.2 Å². The fourth-order valence-corrected chi connectivity index (χ4v) is 2.84. The third-order valence-electron chi connectivity index (χ3n) is 3.97. The molecule has 1 aromatic carbocycles. The molecule has 0 aliphatic carbocycles. The number of ether oxygens (including phenoxy) is 3. The summed E-state index contributed by atoms with van der Waals surface area (Å²) in [5, 5.41) is 4.40. The Morgan fingerprint density at radius 2 is 1.72 bits per heavy atom. The van der Waals surface area contributed by atoms with Crippen molar-refractivity contribution in [1.29, 1.82) is 0 Å². The number of rotatable bonds is 8. The number of methoxy groups -OCH3 is 3. The molecule has 2 aromatic rings. The first kappa shape index (κ1) is 19.1. The number of anilines is 1. The van der Waals surface area contributed by atoms with E-state index in [-0.39, 0.29) is 0 Å². The van der Waals surface area contributed by atoms with E-state index in [0.29, 0.717) is 23.2 Å². The van der Waals surface area contributed by atoms with Gasteiger partial charge in [0.15, 0.2) is 11.5 Å². The van der Waals surface area contributed by atoms with Gasteiger partial charge >= 0.3 is 0 Å². The average molecular weight is 347 g/mol. The topological polar surface area (TPSA) is 55.9 Å². The second-order valence-corrected chi connectivity index (χ2v) is 6.60. The molecule has 0 saturated heterocycles. The maximum atomic E-state index is 5.61. The molecule has 138 valence electrons. The van der Waals surface area contributed by atoms with Crippen molar-refractivity contribution in [3.8, 4) is 17.2 Å². The summed E-state index contributed by atoms with van der Waals surface area (Å²) in [4.78, 5) is 6.86. The SMILES string of the molecule is COc1cc2nc(N(C)C)c(CNCC(C)C)cc2c(OC)c1OC. The van der Waals surface area contributed by atoms with Gasteiger partial charge in [-0.05, 0) is 18.5 Å². The highest BCUT2D eigenvalue weighted by Gasteiger charge is 2.19. The fourth-order valence-electron chi connectivity index (χ4n) is 2.84. The van der Waals surface area contributed by atoms with Gasteiger partial charge in [0.25, 0.3) is 0 Å². The number of fused-ring (bicyclic) bond motifs is 1. The molecular weight excluding hydrogens is 318 g/mol. The highest BCUT2D eigenvalue weighted by atomic mass is 16.5. The van der Waals surface area contributed by atoms with Crippen LogP contribution in [-0.4, -0.2) is 47.0 Å². The standard InChI is InChI=1S/C19H29N3O3/c1-12(2)10-20-11-13-8-14-15(21-19(13)22(3)4)9-16(23-5)18(25-7)17(14)24-6/h8-9,12,20H,10-11H2,1-7H3. The van der Waals surface area contributed by atoms with E-state index < -0.39 is 0 Å². The van der Waals surface area contributed by atoms with Crippen molar-refractivity contribution in [3.63, 3.8) is 0 Å². The zero-order valence-corrected chi connectivity index (χ0v) is 16.3. The molecule has 0 spiro atoms. The summed E-state index contributed by atoms with van der Waals surface area (Å²) in [6.07, 6.45) is 0. The lowest BCUT2D eigenvalue weighted by molar-refractivity contribution is 0.327. The Balaban J connectivity index is 2.62. The number of benzene rings is 1. The van der Waals surface area contributed by atoms with Crippen LogP contribution >= 0.6 is 0 Å². The van der Waals surface area contributed by atoms with E-state index in [2.05, 4.69) is 25.2 Å². The molecule has 0 amide bonds. The lowest BCUT2D eigenvalue weighted by Crippen LogP contribution is -2.22. The summed E-state index contributed by atoms with van der Waals surface area (Å²) in [5.41, 5.74) is 1.93. The average Bonchev–Trinajstić information content (AvgIpc) is 2.58. The first-order valence-electron chi connectivity index (χ1n) is 8.43. The van der Waals surface area contributed by atoms with Gasteiger partial charge in [0.05, 0.1) is 26.8 Å². The molecule has 1 aromatic heterocycles. The van der Waals surface area contributed by atoms with Crippen molar-refractivity contribution in [3.05, 3.63) is 17.7 Å². The van der Waals surface area contributed by atoms with Gasteiger partial charge in [-0.1, -0.05) is 13.8 Å². The quantitative estimate of drug-likeness (QED) is 0.792. The lowest BCUT2D eigenvalue weighted by atomic mass is 10.1. The van der Waals surface area contributed by atoms with Crippen LogP contribution in [0.25, 0.3) is 10.9 Å². The van der Waals surface area contributed by atoms with Crippen LogP contribution in [-0.2, 0) is 6.54 Å². The second-order valence-electron chi connectivity index (χ2n) is 6.60. The second kappa shape index (κ2) is 8.25. The van der Waals surface area contributed by atoms with Crippen LogP contribution in [0.5, 0.6) is 17.2 Å². The van der Waals surface area contributed by atoms with Crippen LogP contribution in [0.3, 0.4) is 0 Å². The first-order valence-corrected chi connectivity index (χ1v) is 8.43. The smallest absolute Gasteiger partial charge is 0.204 e. The number of nitrogens with zero attached hydrogens (tertiary/aromatic N) is 2. The largest absolute Gasteiger partial charge is 0.493 e. The predicted octanol–water partition coefficient (Wildman–Crippen LogP) is 3.07. The molecule has 1 heterocycles. The summed E-state index contributed by atoms with van der Waals surface area (Å²) in [6.45, 7) is 6.08. The van der Waals surface area contributed by atoms with Gasteiger partial charge in [0.2, 0.25) is 5.75 Å². The Hall–Kier alpha value is -2.21. The van der Waals surface area contributed by atoms with Crippen molar-refractivity contribution in [2.45, 2.75) is 20.4 Å². The van der Waals surface area contributed by atoms with E-state index in [1.807, 2.05) is 25.1 Å². The third-order valence-corrected chi connectivity index (χ3v) is 3.97. The minimum absolute atomic E-state index is 0.581. The zero-order chi connectivity index (χ0) is 18.6. The molecule has 25 heavy (non-hydrogen) atoms. The van der Waals surface area contributed by atoms with E-state index in [4.69, 9.17) is 19.2 Å². The minimum atomic E-state index is 0.581. The van der Waals surface area contributed by atoms with E-state index in [0.717, 1.165) is 35.4 Å². The van der Waals surface area contributed by atoms with Gasteiger partial charge in [-0.25, -0.2) is 4.98 Å². The van der Waals surface area contributed by atoms with E-state index in [9.17, 15) is 0 Å². The van der Waals surface area contributed by atoms with Crippen LogP contribution in [0.15, 0.2) is 12.1 Å². The predicted molar refractivity (Wildman–Crippen MR) is 102 cm³/mol. The highest BCUT2D eigenvalue weighted by Crippen LogP contribution is 2.43. The molecule has 0 radical (unpaired) electrons. The van der Waals surface area contributed by atoms with Crippen LogP contribution in [0, 0.1) is 5.92 Å². The summed E-state index contributed by atoms with van der Waals surface area (Å²) in [5.74, 6) is 3.35. The van der Waals surface area contributed by atoms with Crippen LogP contribution < -0.4 is 24.4 Å². The van der Waals surface area contributed by atoms with Crippen LogP contribution in [0.4, 0.5) is 5.82 Å². The Labute approximate surface area is 150 Å². The van der Waals surface area contributed by atoms with E-state index in [1.165, 1.54) is 0 Å². The van der Waals surface area contributed by atoms with Gasteiger partial charge < -0.3 is 24.4 Å². The van der Waals surface area contributed by atoms with E-state index in [1.54, 1.807) is 21.3 Å². The van der Waals surface area contributed by atoms with Gasteiger partial charge in [-0.3, -0.25) is 0 Å². The Morgan fingerprint density at radius 3 is 2.24 bits per heavy atom. The number of nitrogens with one attached hydrogen (secondary N) is 1. The van der Waals surface area contributed by atoms with Gasteiger partial charge in [0, 0.05) is 37.7 Å². The summed E-state index contributed by atoms with van der Waals surface area (Å²) in [7, 11) is 8.85. The molecular formula is C19H29N3O3. The Morgan fingerprint density at radius 1 is 1.04 bits per heavy atom. The monoisotopic (exact) mass is 347 g/mol. The molecule has 0 saturated carbocycles. The molecule has 0 aliphatic rings. The molecule has 0 bridgehead atoms. The van der Waals surface area contributed by atoms with Crippen molar-refractivity contribution >= 4 is 16.7 Å². The molecule has 0 atom stereocenters. The highest BCUT2D eigenvalue weighted by molar-refractivity contribution is 5.92. The normalized spacial score (nSPS) is 11.0. The Bertz CT molecular complexity index is 730. The van der Waals surface area contributed by atoms with Crippen molar-refractivity contribution in [1.82, 2.24) is 10.3 Å². The number of hydrogen-bond acceptors (Lipinski definition) is 6. The van der Waals surface area contributed by atoms with Gasteiger partial charge in [0.1, 0.15) is 5.82 Å². The van der Waals surface area contributed by atoms with Crippen molar-refractivity contribution in [2.24, 2.45) is 5.92 Å². The van der Waals surface area contributed by atoms with Crippen molar-refractivity contribution in [2.75, 3.05) is 46.9 Å². The molecule has 0 aliphatic heterocycles. The maximum Gasteiger partial charge on any atom is 0.204 e. The van der Waals surface area contributed by atoms with Gasteiger partial charge in [-0.2, -0.15) is 0 Å². The number of pyridine rings is 1. The zero-order valence-electron chi connectivity index (χ0n) is 16.3. The number of hydrogen-bond donors (Lipinski definition) is 1. The molecule has 2 rings (SSSR count). The lowest BCUT2D eigenvalue weighted by Gasteiger charge is -2.20. The molecule has 1 N–H and O–H groups in total. The minimum Gasteiger partial charge on any atom is -0.493 e. The maximum absolute atomic E-state index is 5.61. The van der Waals surface area contributed by atoms with Gasteiger partial charge in [-0.15, -0.1) is 0 Å². The third kappa shape index (κ3) is 4.07.